The van der Waals surface area contributed by atoms with E-state index in [0.29, 0.717) is 49.0 Å². The molecule has 3 heterocycles. The lowest BCUT2D eigenvalue weighted by atomic mass is 9.98. The van der Waals surface area contributed by atoms with Crippen molar-refractivity contribution in [2.45, 2.75) is 20.0 Å². The molecule has 0 saturated carbocycles. The molecule has 1 amide bonds. The van der Waals surface area contributed by atoms with E-state index >= 15 is 0 Å². The summed E-state index contributed by atoms with van der Waals surface area (Å²) in [4.78, 5) is 15.3. The van der Waals surface area contributed by atoms with Gasteiger partial charge in [0.05, 0.1) is 25.0 Å². The van der Waals surface area contributed by atoms with Crippen LogP contribution in [0.2, 0.25) is 0 Å². The van der Waals surface area contributed by atoms with Gasteiger partial charge in [-0.15, -0.1) is 0 Å². The summed E-state index contributed by atoms with van der Waals surface area (Å²) >= 11 is 0. The first-order chi connectivity index (χ1) is 16.2. The number of ether oxygens (including phenoxy) is 2. The zero-order chi connectivity index (χ0) is 22.6. The Hall–Kier alpha value is -3.65. The summed E-state index contributed by atoms with van der Waals surface area (Å²) in [6.07, 6.45) is 2.50. The van der Waals surface area contributed by atoms with Crippen LogP contribution < -0.4 is 4.74 Å². The van der Waals surface area contributed by atoms with Crippen LogP contribution in [0, 0.1) is 12.8 Å². The van der Waals surface area contributed by atoms with Gasteiger partial charge in [-0.05, 0) is 43.2 Å². The molecule has 1 fully saturated rings. The maximum absolute atomic E-state index is 13.5. The lowest BCUT2D eigenvalue weighted by Gasteiger charge is -2.24. The van der Waals surface area contributed by atoms with Gasteiger partial charge >= 0.3 is 0 Å². The summed E-state index contributed by atoms with van der Waals surface area (Å²) in [5.41, 5.74) is 3.83. The summed E-state index contributed by atoms with van der Waals surface area (Å²) in [5, 5.41) is 8.69. The molecule has 33 heavy (non-hydrogen) atoms. The first kappa shape index (κ1) is 21.2. The van der Waals surface area contributed by atoms with Crippen molar-refractivity contribution in [3.05, 3.63) is 77.3 Å². The molecule has 2 aromatic carbocycles. The van der Waals surface area contributed by atoms with Gasteiger partial charge in [0, 0.05) is 24.4 Å². The molecule has 0 aliphatic carbocycles. The number of aromatic nitrogens is 2. The summed E-state index contributed by atoms with van der Waals surface area (Å²) in [6, 6.07) is 15.5. The van der Waals surface area contributed by atoms with Gasteiger partial charge in [0.15, 0.2) is 0 Å². The highest BCUT2D eigenvalue weighted by molar-refractivity contribution is 5.97. The second-order valence-corrected chi connectivity index (χ2v) is 8.27. The molecule has 1 atom stereocenters. The minimum atomic E-state index is -0.0717. The second-order valence-electron chi connectivity index (χ2n) is 8.27. The van der Waals surface area contributed by atoms with Crippen LogP contribution in [-0.4, -0.2) is 47.4 Å². The first-order valence-corrected chi connectivity index (χ1v) is 11.0. The molecule has 0 unspecified atom stereocenters. The Morgan fingerprint density at radius 2 is 2.09 bits per heavy atom. The molecule has 0 radical (unpaired) electrons. The number of nitrogens with zero attached hydrogens (tertiary/aromatic N) is 3. The first-order valence-electron chi connectivity index (χ1n) is 11.0. The molecule has 8 heteroatoms. The highest BCUT2D eigenvalue weighted by atomic mass is 16.6. The van der Waals surface area contributed by atoms with Crippen LogP contribution in [0.1, 0.15) is 27.3 Å². The average molecular weight is 447 g/mol. The van der Waals surface area contributed by atoms with E-state index in [4.69, 9.17) is 18.5 Å². The third-order valence-corrected chi connectivity index (χ3v) is 5.90. The van der Waals surface area contributed by atoms with E-state index in [2.05, 4.69) is 28.5 Å². The topological polar surface area (TPSA) is 90.8 Å². The van der Waals surface area contributed by atoms with Crippen molar-refractivity contribution in [1.29, 1.82) is 0 Å². The molecule has 4 aromatic rings. The minimum Gasteiger partial charge on any atom is -0.486 e. The zero-order valence-electron chi connectivity index (χ0n) is 18.4. The van der Waals surface area contributed by atoms with Crippen molar-refractivity contribution in [2.24, 2.45) is 5.92 Å². The lowest BCUT2D eigenvalue weighted by Crippen LogP contribution is -2.36. The van der Waals surface area contributed by atoms with Crippen molar-refractivity contribution in [2.75, 3.05) is 26.3 Å². The van der Waals surface area contributed by atoms with Gasteiger partial charge in [-0.25, -0.2) is 4.63 Å². The number of carbonyl (C=O) groups excluding carboxylic acids is 1. The molecule has 1 saturated heterocycles. The standard InChI is InChI=1S/C25H25N3O5/c1-17-22(27-33-26-17)16-32-23-5-3-2-4-21(23)25(29)28-9-11-30-15-19(14-28)12-18-6-7-20-8-10-31-24(20)13-18/h2-8,10,13,19H,9,11-12,14-16H2,1H3/t19-/m1/s1. The molecule has 0 N–H and O–H groups in total. The quantitative estimate of drug-likeness (QED) is 0.441. The van der Waals surface area contributed by atoms with Crippen molar-refractivity contribution >= 4 is 16.9 Å². The number of rotatable bonds is 6. The lowest BCUT2D eigenvalue weighted by molar-refractivity contribution is 0.0732. The van der Waals surface area contributed by atoms with Crippen LogP contribution in [0.25, 0.3) is 11.0 Å². The Kier molecular flexibility index (Phi) is 6.08. The van der Waals surface area contributed by atoms with Gasteiger partial charge < -0.3 is 18.8 Å². The van der Waals surface area contributed by atoms with Crippen LogP contribution in [0.3, 0.4) is 0 Å². The van der Waals surface area contributed by atoms with Crippen molar-refractivity contribution in [3.63, 3.8) is 0 Å². The molecule has 0 bridgehead atoms. The molecule has 0 spiro atoms. The minimum absolute atomic E-state index is 0.0717. The Bertz CT molecular complexity index is 1250. The van der Waals surface area contributed by atoms with Gasteiger partial charge in [-0.2, -0.15) is 0 Å². The molecule has 2 aromatic heterocycles. The molecule has 5 rings (SSSR count). The number of benzene rings is 2. The molecule has 170 valence electrons. The van der Waals surface area contributed by atoms with Crippen LogP contribution in [0.4, 0.5) is 0 Å². The van der Waals surface area contributed by atoms with Gasteiger partial charge in [-0.1, -0.05) is 34.6 Å². The summed E-state index contributed by atoms with van der Waals surface area (Å²) < 4.78 is 22.0. The van der Waals surface area contributed by atoms with E-state index in [1.54, 1.807) is 25.3 Å². The smallest absolute Gasteiger partial charge is 0.257 e. The Labute approximate surface area is 191 Å². The predicted molar refractivity (Wildman–Crippen MR) is 120 cm³/mol. The molecule has 8 nitrogen and oxygen atoms in total. The van der Waals surface area contributed by atoms with Gasteiger partial charge in [0.2, 0.25) is 0 Å². The van der Waals surface area contributed by atoms with E-state index in [9.17, 15) is 4.79 Å². The summed E-state index contributed by atoms with van der Waals surface area (Å²) in [5.74, 6) is 0.619. The van der Waals surface area contributed by atoms with Crippen molar-refractivity contribution in [3.8, 4) is 5.75 Å². The Morgan fingerprint density at radius 3 is 2.97 bits per heavy atom. The number of carbonyl (C=O) groups is 1. The van der Waals surface area contributed by atoms with E-state index in [-0.39, 0.29) is 18.4 Å². The number of para-hydroxylation sites is 1. The van der Waals surface area contributed by atoms with Gasteiger partial charge in [0.1, 0.15) is 29.3 Å². The number of fused-ring (bicyclic) bond motifs is 1. The fourth-order valence-corrected chi connectivity index (χ4v) is 4.11. The molecule has 1 aliphatic rings. The zero-order valence-corrected chi connectivity index (χ0v) is 18.4. The second kappa shape index (κ2) is 9.46. The molecular weight excluding hydrogens is 422 g/mol. The van der Waals surface area contributed by atoms with Crippen molar-refractivity contribution in [1.82, 2.24) is 15.2 Å². The summed E-state index contributed by atoms with van der Waals surface area (Å²) in [6.45, 7) is 4.24. The number of aryl methyl sites for hydroxylation is 1. The van der Waals surface area contributed by atoms with Gasteiger partial charge in [-0.3, -0.25) is 4.79 Å². The highest BCUT2D eigenvalue weighted by Gasteiger charge is 2.26. The predicted octanol–water partition coefficient (Wildman–Crippen LogP) is 4.03. The third-order valence-electron chi connectivity index (χ3n) is 5.90. The van der Waals surface area contributed by atoms with E-state index in [1.807, 2.05) is 23.1 Å². The maximum Gasteiger partial charge on any atom is 0.257 e. The normalized spacial score (nSPS) is 16.6. The maximum atomic E-state index is 13.5. The third kappa shape index (κ3) is 4.75. The average Bonchev–Trinajstić information content (AvgIpc) is 3.40. The monoisotopic (exact) mass is 447 g/mol. The fourth-order valence-electron chi connectivity index (χ4n) is 4.11. The Morgan fingerprint density at radius 1 is 1.18 bits per heavy atom. The highest BCUT2D eigenvalue weighted by Crippen LogP contribution is 2.24. The molecule has 1 aliphatic heterocycles. The van der Waals surface area contributed by atoms with E-state index in [0.717, 1.165) is 17.4 Å². The van der Waals surface area contributed by atoms with Gasteiger partial charge in [0.25, 0.3) is 5.91 Å². The van der Waals surface area contributed by atoms with Crippen LogP contribution in [0.5, 0.6) is 5.75 Å². The van der Waals surface area contributed by atoms with Crippen LogP contribution >= 0.6 is 0 Å². The number of hydrogen-bond acceptors (Lipinski definition) is 7. The number of amides is 1. The fraction of sp³-hybridized carbons (Fsp3) is 0.320. The van der Waals surface area contributed by atoms with Crippen molar-refractivity contribution < 1.29 is 23.3 Å². The molecular formula is C25H25N3O5. The van der Waals surface area contributed by atoms with Crippen LogP contribution in [-0.2, 0) is 17.8 Å². The Balaban J connectivity index is 1.29. The largest absolute Gasteiger partial charge is 0.486 e. The number of hydrogen-bond donors (Lipinski definition) is 0. The van der Waals surface area contributed by atoms with E-state index < -0.39 is 0 Å². The summed E-state index contributed by atoms with van der Waals surface area (Å²) in [7, 11) is 0. The van der Waals surface area contributed by atoms with Crippen LogP contribution in [0.15, 0.2) is 63.8 Å². The van der Waals surface area contributed by atoms with E-state index in [1.165, 1.54) is 5.56 Å². The SMILES string of the molecule is Cc1nonc1COc1ccccc1C(=O)N1CCOC[C@H](Cc2ccc3ccoc3c2)C1. The number of furan rings is 1.